The average molecular weight is 219 g/mol. The number of allylic oxidation sites excluding steroid dienone is 2. The quantitative estimate of drug-likeness (QED) is 0.658. The zero-order chi connectivity index (χ0) is 12.5. The van der Waals surface area contributed by atoms with E-state index in [0.717, 1.165) is 17.0 Å². The number of nitrogens with one attached hydrogen (secondary N) is 1. The molecule has 3 nitrogen and oxygen atoms in total. The molecule has 1 aliphatic heterocycles. The Labute approximate surface area is 97.8 Å². The summed E-state index contributed by atoms with van der Waals surface area (Å²) in [6.45, 7) is 14.5. The zero-order valence-electron chi connectivity index (χ0n) is 10.8. The summed E-state index contributed by atoms with van der Waals surface area (Å²) in [5.74, 6) is 0.411. The van der Waals surface area contributed by atoms with Crippen molar-refractivity contribution in [3.63, 3.8) is 0 Å². The number of hydrogen-bond acceptors (Lipinski definition) is 3. The van der Waals surface area contributed by atoms with Gasteiger partial charge in [0.05, 0.1) is 5.70 Å². The van der Waals surface area contributed by atoms with E-state index in [2.05, 4.69) is 44.6 Å². The number of nitrogens with two attached hydrogens (primary N) is 1. The summed E-state index contributed by atoms with van der Waals surface area (Å²) >= 11 is 0. The topological polar surface area (TPSA) is 50.4 Å². The fourth-order valence-corrected chi connectivity index (χ4v) is 1.53. The van der Waals surface area contributed by atoms with Gasteiger partial charge in [-0.25, -0.2) is 4.99 Å². The van der Waals surface area contributed by atoms with E-state index in [1.807, 2.05) is 13.0 Å². The normalized spacial score (nSPS) is 22.9. The van der Waals surface area contributed by atoms with Crippen LogP contribution in [0.25, 0.3) is 0 Å². The second kappa shape index (κ2) is 4.16. The molecule has 0 fully saturated rings. The Morgan fingerprint density at radius 3 is 2.44 bits per heavy atom. The highest BCUT2D eigenvalue weighted by Gasteiger charge is 2.23. The molecule has 0 spiro atoms. The molecule has 0 bridgehead atoms. The Balaban J connectivity index is 3.40. The maximum Gasteiger partial charge on any atom is 0.198 e. The molecule has 16 heavy (non-hydrogen) atoms. The van der Waals surface area contributed by atoms with Crippen molar-refractivity contribution in [1.29, 1.82) is 0 Å². The minimum atomic E-state index is 0.0744. The summed E-state index contributed by atoms with van der Waals surface area (Å²) < 4.78 is 0. The van der Waals surface area contributed by atoms with Gasteiger partial charge in [0.25, 0.3) is 0 Å². The molecule has 1 heterocycles. The molecule has 0 aromatic heterocycles. The van der Waals surface area contributed by atoms with Crippen molar-refractivity contribution in [3.8, 4) is 0 Å². The highest BCUT2D eigenvalue weighted by atomic mass is 15.1. The van der Waals surface area contributed by atoms with E-state index >= 15 is 0 Å². The fraction of sp³-hybridized carbons (Fsp3) is 0.462. The first kappa shape index (κ1) is 12.6. The molecular weight excluding hydrogens is 198 g/mol. The van der Waals surface area contributed by atoms with Gasteiger partial charge in [-0.3, -0.25) is 0 Å². The monoisotopic (exact) mass is 219 g/mol. The lowest BCUT2D eigenvalue weighted by Gasteiger charge is -2.27. The molecule has 0 saturated heterocycles. The first-order valence-corrected chi connectivity index (χ1v) is 5.46. The van der Waals surface area contributed by atoms with Gasteiger partial charge in [-0.15, -0.1) is 0 Å². The molecule has 1 rings (SSSR count). The maximum absolute atomic E-state index is 5.73. The molecule has 88 valence electrons. The van der Waals surface area contributed by atoms with Gasteiger partial charge in [0.15, 0.2) is 5.96 Å². The van der Waals surface area contributed by atoms with Crippen LogP contribution in [-0.4, -0.2) is 5.96 Å². The average Bonchev–Trinajstić information content (AvgIpc) is 2.14. The van der Waals surface area contributed by atoms with Crippen LogP contribution in [0, 0.1) is 5.41 Å². The second-order valence-corrected chi connectivity index (χ2v) is 5.03. The van der Waals surface area contributed by atoms with Crippen molar-refractivity contribution in [3.05, 3.63) is 35.2 Å². The number of guanidine groups is 1. The van der Waals surface area contributed by atoms with Crippen molar-refractivity contribution in [2.75, 3.05) is 0 Å². The first-order chi connectivity index (χ1) is 7.27. The molecular formula is C13H21N3. The van der Waals surface area contributed by atoms with E-state index in [1.54, 1.807) is 0 Å². The number of aliphatic imine (C=N–C) groups is 1. The maximum atomic E-state index is 5.73. The third-order valence-electron chi connectivity index (χ3n) is 2.86. The minimum Gasteiger partial charge on any atom is -0.369 e. The number of nitrogens with zero attached hydrogens (tertiary/aromatic N) is 1. The predicted molar refractivity (Wildman–Crippen MR) is 69.8 cm³/mol. The van der Waals surface area contributed by atoms with E-state index in [9.17, 15) is 0 Å². The highest BCUT2D eigenvalue weighted by molar-refractivity contribution is 5.85. The van der Waals surface area contributed by atoms with Gasteiger partial charge in [0, 0.05) is 11.3 Å². The van der Waals surface area contributed by atoms with Gasteiger partial charge in [-0.2, -0.15) is 0 Å². The summed E-state index contributed by atoms with van der Waals surface area (Å²) in [7, 11) is 0. The molecule has 0 aromatic rings. The molecule has 0 saturated carbocycles. The van der Waals surface area contributed by atoms with Crippen molar-refractivity contribution in [2.24, 2.45) is 16.1 Å². The lowest BCUT2D eigenvalue weighted by Crippen LogP contribution is -2.35. The summed E-state index contributed by atoms with van der Waals surface area (Å²) in [5.41, 5.74) is 9.80. The van der Waals surface area contributed by atoms with Crippen LogP contribution in [0.5, 0.6) is 0 Å². The van der Waals surface area contributed by atoms with Gasteiger partial charge in [0.2, 0.25) is 0 Å². The molecule has 0 unspecified atom stereocenters. The van der Waals surface area contributed by atoms with E-state index < -0.39 is 0 Å². The fourth-order valence-electron chi connectivity index (χ4n) is 1.53. The number of rotatable bonds is 0. The van der Waals surface area contributed by atoms with Gasteiger partial charge >= 0.3 is 0 Å². The van der Waals surface area contributed by atoms with E-state index in [0.29, 0.717) is 5.96 Å². The Hall–Kier alpha value is -1.51. The molecule has 0 aromatic carbocycles. The van der Waals surface area contributed by atoms with Crippen LogP contribution in [0.1, 0.15) is 34.6 Å². The van der Waals surface area contributed by atoms with Gasteiger partial charge in [-0.1, -0.05) is 33.4 Å². The molecule has 1 aliphatic rings. The van der Waals surface area contributed by atoms with E-state index in [1.165, 1.54) is 5.57 Å². The van der Waals surface area contributed by atoms with Crippen molar-refractivity contribution < 1.29 is 0 Å². The summed E-state index contributed by atoms with van der Waals surface area (Å²) in [6, 6.07) is 0. The molecule has 0 atom stereocenters. The third-order valence-corrected chi connectivity index (χ3v) is 2.86. The van der Waals surface area contributed by atoms with E-state index in [4.69, 9.17) is 5.73 Å². The van der Waals surface area contributed by atoms with Crippen LogP contribution >= 0.6 is 0 Å². The van der Waals surface area contributed by atoms with Crippen molar-refractivity contribution in [1.82, 2.24) is 5.32 Å². The summed E-state index contributed by atoms with van der Waals surface area (Å²) in [5, 5.41) is 2.95. The van der Waals surface area contributed by atoms with Crippen LogP contribution in [0.15, 0.2) is 40.2 Å². The third kappa shape index (κ3) is 2.35. The zero-order valence-corrected chi connectivity index (χ0v) is 10.8. The molecule has 3 heteroatoms. The van der Waals surface area contributed by atoms with Crippen LogP contribution in [0.2, 0.25) is 0 Å². The predicted octanol–water partition coefficient (Wildman–Crippen LogP) is 2.68. The Bertz CT molecular complexity index is 403. The van der Waals surface area contributed by atoms with Gasteiger partial charge in [-0.05, 0) is 24.8 Å². The van der Waals surface area contributed by atoms with Gasteiger partial charge < -0.3 is 11.1 Å². The second-order valence-electron chi connectivity index (χ2n) is 5.03. The van der Waals surface area contributed by atoms with Crippen LogP contribution < -0.4 is 11.1 Å². The standard InChI is InChI=1S/C13H21N3/c1-7-10-9(3)15-12(14)16-11(10)8(2)13(4,5)6/h7H,3H2,1-2,4-6H3,(H3,14,15,16)/b10-7-,11-8-. The smallest absolute Gasteiger partial charge is 0.198 e. The molecule has 0 amide bonds. The molecule has 0 radical (unpaired) electrons. The van der Waals surface area contributed by atoms with Crippen LogP contribution in [0.3, 0.4) is 0 Å². The Morgan fingerprint density at radius 1 is 1.44 bits per heavy atom. The largest absolute Gasteiger partial charge is 0.369 e. The summed E-state index contributed by atoms with van der Waals surface area (Å²) in [4.78, 5) is 4.39. The van der Waals surface area contributed by atoms with Crippen LogP contribution in [-0.2, 0) is 0 Å². The minimum absolute atomic E-state index is 0.0744. The SMILES string of the molecule is C=C1NC(N)=NC(=C(/C)C(C)(C)C)/C1=C\C. The number of hydrogen-bond donors (Lipinski definition) is 2. The lowest BCUT2D eigenvalue weighted by molar-refractivity contribution is 0.498. The van der Waals surface area contributed by atoms with Crippen LogP contribution in [0.4, 0.5) is 0 Å². The van der Waals surface area contributed by atoms with E-state index in [-0.39, 0.29) is 5.41 Å². The van der Waals surface area contributed by atoms with Crippen molar-refractivity contribution >= 4 is 5.96 Å². The first-order valence-electron chi connectivity index (χ1n) is 5.46. The highest BCUT2D eigenvalue weighted by Crippen LogP contribution is 2.33. The summed E-state index contributed by atoms with van der Waals surface area (Å²) in [6.07, 6.45) is 2.01. The Morgan fingerprint density at radius 2 is 2.00 bits per heavy atom. The van der Waals surface area contributed by atoms with Crippen molar-refractivity contribution in [2.45, 2.75) is 34.6 Å². The van der Waals surface area contributed by atoms with Gasteiger partial charge in [0.1, 0.15) is 0 Å². The molecule has 0 aliphatic carbocycles. The Kier molecular flexibility index (Phi) is 3.27. The molecule has 3 N–H and O–H groups in total. The lowest BCUT2D eigenvalue weighted by atomic mass is 9.84.